The number of nitrogens with one attached hydrogen (secondary N) is 1. The number of hydrogen-bond acceptors (Lipinski definition) is 2. The largest absolute Gasteiger partial charge is 0.491 e. The van der Waals surface area contributed by atoms with E-state index in [1.165, 1.54) is 0 Å². The van der Waals surface area contributed by atoms with Gasteiger partial charge in [0.2, 0.25) is 5.91 Å². The lowest BCUT2D eigenvalue weighted by Gasteiger charge is -2.20. The molecule has 0 radical (unpaired) electrons. The van der Waals surface area contributed by atoms with Gasteiger partial charge in [-0.15, -0.1) is 23.2 Å². The van der Waals surface area contributed by atoms with Crippen LogP contribution >= 0.6 is 23.2 Å². The maximum absolute atomic E-state index is 12.5. The summed E-state index contributed by atoms with van der Waals surface area (Å²) in [5, 5.41) is 2.96. The molecule has 21 heavy (non-hydrogen) atoms. The zero-order valence-electron chi connectivity index (χ0n) is 12.5. The van der Waals surface area contributed by atoms with Gasteiger partial charge in [-0.05, 0) is 25.5 Å². The van der Waals surface area contributed by atoms with E-state index in [1.54, 1.807) is 0 Å². The Morgan fingerprint density at radius 2 is 1.95 bits per heavy atom. The van der Waals surface area contributed by atoms with Crippen LogP contribution in [-0.2, 0) is 4.79 Å². The Kier molecular flexibility index (Phi) is 4.74. The Morgan fingerprint density at radius 3 is 2.43 bits per heavy atom. The Morgan fingerprint density at radius 1 is 1.38 bits per heavy atom. The van der Waals surface area contributed by atoms with Crippen LogP contribution in [0.2, 0.25) is 0 Å². The molecule has 0 saturated heterocycles. The first-order valence-electron chi connectivity index (χ1n) is 7.23. The highest BCUT2D eigenvalue weighted by molar-refractivity contribution is 6.53. The van der Waals surface area contributed by atoms with Gasteiger partial charge in [0.1, 0.15) is 16.7 Å². The molecular formula is C16H21Cl2NO2. The minimum Gasteiger partial charge on any atom is -0.491 e. The van der Waals surface area contributed by atoms with Gasteiger partial charge < -0.3 is 10.1 Å². The van der Waals surface area contributed by atoms with Gasteiger partial charge in [0.15, 0.2) is 0 Å². The van der Waals surface area contributed by atoms with Crippen molar-refractivity contribution in [1.82, 2.24) is 5.32 Å². The van der Waals surface area contributed by atoms with Crippen LogP contribution < -0.4 is 10.1 Å². The van der Waals surface area contributed by atoms with E-state index in [0.29, 0.717) is 13.0 Å². The molecule has 116 valence electrons. The summed E-state index contributed by atoms with van der Waals surface area (Å²) >= 11 is 12.5. The lowest BCUT2D eigenvalue weighted by atomic mass is 9.99. The molecule has 3 atom stereocenters. The second kappa shape index (κ2) is 6.05. The number of carbonyl (C=O) groups excluding carboxylic acids is 1. The maximum atomic E-state index is 12.5. The summed E-state index contributed by atoms with van der Waals surface area (Å²) in [6.45, 7) is 6.16. The van der Waals surface area contributed by atoms with Crippen LogP contribution in [0.3, 0.4) is 0 Å². The molecule has 1 aromatic rings. The summed E-state index contributed by atoms with van der Waals surface area (Å²) in [5.41, 5.74) is -0.683. The zero-order valence-corrected chi connectivity index (χ0v) is 14.0. The number of benzene rings is 1. The first-order chi connectivity index (χ1) is 9.86. The van der Waals surface area contributed by atoms with E-state index < -0.39 is 9.75 Å². The van der Waals surface area contributed by atoms with E-state index in [9.17, 15) is 4.79 Å². The first-order valence-corrected chi connectivity index (χ1v) is 7.98. The number of ether oxygens (including phenoxy) is 1. The lowest BCUT2D eigenvalue weighted by Crippen LogP contribution is -2.43. The quantitative estimate of drug-likeness (QED) is 0.806. The smallest absolute Gasteiger partial charge is 0.229 e. The van der Waals surface area contributed by atoms with E-state index in [4.69, 9.17) is 27.9 Å². The average Bonchev–Trinajstić information content (AvgIpc) is 2.91. The number of rotatable bonds is 6. The van der Waals surface area contributed by atoms with Crippen molar-refractivity contribution in [3.8, 4) is 5.75 Å². The number of hydrogen-bond donors (Lipinski definition) is 1. The molecule has 1 N–H and O–H groups in total. The number of para-hydroxylation sites is 1. The highest BCUT2D eigenvalue weighted by Gasteiger charge is 2.76. The van der Waals surface area contributed by atoms with Crippen molar-refractivity contribution >= 4 is 29.1 Å². The maximum Gasteiger partial charge on any atom is 0.229 e. The molecule has 2 rings (SSSR count). The fraction of sp³-hybridized carbons (Fsp3) is 0.562. The standard InChI is InChI=1S/C16H21Cl2NO2/c1-4-15(12(3)16(15,17)18)14(20)19-11(2)10-21-13-8-6-5-7-9-13/h5-9,11-12H,4,10H2,1-3H3,(H,19,20)/t11-,12?,15-/m1/s1. The predicted molar refractivity (Wildman–Crippen MR) is 85.9 cm³/mol. The molecule has 1 fully saturated rings. The SMILES string of the molecule is CC[C@]1(C(=O)N[C@H](C)COc2ccccc2)C(C)C1(Cl)Cl. The van der Waals surface area contributed by atoms with Crippen molar-refractivity contribution in [1.29, 1.82) is 0 Å². The molecular weight excluding hydrogens is 309 g/mol. The molecule has 5 heteroatoms. The minimum absolute atomic E-state index is 0.0411. The van der Waals surface area contributed by atoms with Gasteiger partial charge in [0.25, 0.3) is 0 Å². The Balaban J connectivity index is 1.88. The topological polar surface area (TPSA) is 38.3 Å². The molecule has 1 unspecified atom stereocenters. The van der Waals surface area contributed by atoms with Crippen molar-refractivity contribution < 1.29 is 9.53 Å². The Labute approximate surface area is 136 Å². The summed E-state index contributed by atoms with van der Waals surface area (Å²) in [5.74, 6) is 0.653. The van der Waals surface area contributed by atoms with Crippen molar-refractivity contribution in [2.45, 2.75) is 37.6 Å². The third kappa shape index (κ3) is 2.86. The molecule has 1 aliphatic rings. The Hall–Kier alpha value is -0.930. The Bertz CT molecular complexity index is 506. The third-order valence-electron chi connectivity index (χ3n) is 4.38. The van der Waals surface area contributed by atoms with Crippen LogP contribution in [0.4, 0.5) is 0 Å². The molecule has 3 nitrogen and oxygen atoms in total. The zero-order chi connectivity index (χ0) is 15.7. The van der Waals surface area contributed by atoms with Gasteiger partial charge in [0.05, 0.1) is 11.5 Å². The normalized spacial score (nSPS) is 27.8. The molecule has 1 amide bonds. The summed E-state index contributed by atoms with van der Waals surface area (Å²) < 4.78 is 4.67. The van der Waals surface area contributed by atoms with E-state index in [1.807, 2.05) is 51.1 Å². The summed E-state index contributed by atoms with van der Waals surface area (Å²) in [7, 11) is 0. The third-order valence-corrected chi connectivity index (χ3v) is 5.71. The van der Waals surface area contributed by atoms with Crippen molar-refractivity contribution in [3.63, 3.8) is 0 Å². The summed E-state index contributed by atoms with van der Waals surface area (Å²) in [6, 6.07) is 9.40. The second-order valence-corrected chi connectivity index (χ2v) is 7.05. The highest BCUT2D eigenvalue weighted by atomic mass is 35.5. The van der Waals surface area contributed by atoms with E-state index >= 15 is 0 Å². The van der Waals surface area contributed by atoms with Gasteiger partial charge in [-0.2, -0.15) is 0 Å². The second-order valence-electron chi connectivity index (χ2n) is 5.67. The van der Waals surface area contributed by atoms with Crippen LogP contribution in [-0.4, -0.2) is 22.9 Å². The molecule has 1 saturated carbocycles. The number of amides is 1. The van der Waals surface area contributed by atoms with Gasteiger partial charge >= 0.3 is 0 Å². The summed E-state index contributed by atoms with van der Waals surface area (Å²) in [4.78, 5) is 12.5. The van der Waals surface area contributed by atoms with Gasteiger partial charge in [-0.25, -0.2) is 0 Å². The van der Waals surface area contributed by atoms with Crippen LogP contribution in [0, 0.1) is 11.3 Å². The van der Waals surface area contributed by atoms with Crippen LogP contribution in [0.5, 0.6) is 5.75 Å². The van der Waals surface area contributed by atoms with E-state index in [2.05, 4.69) is 5.32 Å². The molecule has 0 aromatic heterocycles. The fourth-order valence-corrected chi connectivity index (χ4v) is 3.85. The van der Waals surface area contributed by atoms with Gasteiger partial charge in [0, 0.05) is 5.92 Å². The molecule has 0 bridgehead atoms. The molecule has 1 aliphatic carbocycles. The van der Waals surface area contributed by atoms with E-state index in [-0.39, 0.29) is 17.9 Å². The number of carbonyl (C=O) groups is 1. The van der Waals surface area contributed by atoms with Crippen LogP contribution in [0.25, 0.3) is 0 Å². The fourth-order valence-electron chi connectivity index (χ4n) is 2.82. The van der Waals surface area contributed by atoms with Crippen molar-refractivity contribution in [2.75, 3.05) is 6.61 Å². The number of halogens is 2. The minimum atomic E-state index is -0.966. The number of alkyl halides is 2. The lowest BCUT2D eigenvalue weighted by molar-refractivity contribution is -0.127. The van der Waals surface area contributed by atoms with Crippen LogP contribution in [0.15, 0.2) is 30.3 Å². The average molecular weight is 330 g/mol. The molecule has 0 heterocycles. The molecule has 1 aromatic carbocycles. The van der Waals surface area contributed by atoms with Gasteiger partial charge in [-0.3, -0.25) is 4.79 Å². The van der Waals surface area contributed by atoms with Crippen LogP contribution in [0.1, 0.15) is 27.2 Å². The van der Waals surface area contributed by atoms with Gasteiger partial charge in [-0.1, -0.05) is 32.0 Å². The predicted octanol–water partition coefficient (Wildman–Crippen LogP) is 3.79. The van der Waals surface area contributed by atoms with Crippen molar-refractivity contribution in [2.24, 2.45) is 11.3 Å². The van der Waals surface area contributed by atoms with Crippen molar-refractivity contribution in [3.05, 3.63) is 30.3 Å². The monoisotopic (exact) mass is 329 g/mol. The summed E-state index contributed by atoms with van der Waals surface area (Å²) in [6.07, 6.45) is 0.624. The molecule has 0 spiro atoms. The molecule has 0 aliphatic heterocycles. The highest BCUT2D eigenvalue weighted by Crippen LogP contribution is 2.70. The first kappa shape index (κ1) is 16.4. The van der Waals surface area contributed by atoms with E-state index in [0.717, 1.165) is 5.75 Å².